The van der Waals surface area contributed by atoms with E-state index in [4.69, 9.17) is 10.5 Å². The molecule has 1 unspecified atom stereocenters. The number of aryl methyl sites for hydroxylation is 1. The molecule has 7 nitrogen and oxygen atoms in total. The Hall–Kier alpha value is -2.83. The molecule has 0 fully saturated rings. The third kappa shape index (κ3) is 3.54. The van der Waals surface area contributed by atoms with E-state index < -0.39 is 0 Å². The van der Waals surface area contributed by atoms with E-state index in [0.717, 1.165) is 31.4 Å². The lowest BCUT2D eigenvalue weighted by Crippen LogP contribution is -2.12. The Morgan fingerprint density at radius 1 is 1.33 bits per heavy atom. The van der Waals surface area contributed by atoms with Gasteiger partial charge in [0.05, 0.1) is 18.4 Å². The summed E-state index contributed by atoms with van der Waals surface area (Å²) in [6.07, 6.45) is 4.20. The van der Waals surface area contributed by atoms with Crippen molar-refractivity contribution < 1.29 is 4.74 Å². The Kier molecular flexibility index (Phi) is 5.48. The lowest BCUT2D eigenvalue weighted by Gasteiger charge is -2.12. The summed E-state index contributed by atoms with van der Waals surface area (Å²) in [6.45, 7) is 4.31. The van der Waals surface area contributed by atoms with Gasteiger partial charge < -0.3 is 15.5 Å². The second-order valence-corrected chi connectivity index (χ2v) is 6.83. The Morgan fingerprint density at radius 3 is 2.78 bits per heavy atom. The van der Waals surface area contributed by atoms with Crippen LogP contribution >= 0.6 is 0 Å². The van der Waals surface area contributed by atoms with Crippen molar-refractivity contribution in [3.63, 3.8) is 0 Å². The molecule has 3 rings (SSSR count). The topological polar surface area (TPSA) is 98.8 Å². The van der Waals surface area contributed by atoms with Gasteiger partial charge >= 0.3 is 0 Å². The zero-order valence-electron chi connectivity index (χ0n) is 16.4. The quantitative estimate of drug-likeness (QED) is 0.620. The van der Waals surface area contributed by atoms with Gasteiger partial charge in [0.1, 0.15) is 17.0 Å². The molecule has 0 spiro atoms. The van der Waals surface area contributed by atoms with Crippen LogP contribution in [0.3, 0.4) is 0 Å². The Labute approximate surface area is 158 Å². The van der Waals surface area contributed by atoms with Gasteiger partial charge in [-0.25, -0.2) is 9.67 Å². The maximum absolute atomic E-state index is 13.0. The molecule has 0 saturated carbocycles. The number of nitrogens with zero attached hydrogens (tertiary/aromatic N) is 3. The number of rotatable bonds is 7. The Bertz CT molecular complexity index is 1010. The first kappa shape index (κ1) is 18.9. The maximum atomic E-state index is 13.0. The van der Waals surface area contributed by atoms with Gasteiger partial charge in [0.15, 0.2) is 5.65 Å². The molecule has 0 amide bonds. The lowest BCUT2D eigenvalue weighted by molar-refractivity contribution is 0.416. The molecule has 0 saturated heterocycles. The molecular weight excluding hydrogens is 342 g/mol. The summed E-state index contributed by atoms with van der Waals surface area (Å²) in [5, 5.41) is 5.23. The molecule has 0 aliphatic heterocycles. The van der Waals surface area contributed by atoms with E-state index in [1.807, 2.05) is 7.05 Å². The molecule has 2 aromatic heterocycles. The molecule has 7 heteroatoms. The van der Waals surface area contributed by atoms with E-state index in [1.165, 1.54) is 0 Å². The number of hydrogen-bond acceptors (Lipinski definition) is 5. The number of aromatic amines is 1. The van der Waals surface area contributed by atoms with E-state index >= 15 is 0 Å². The minimum Gasteiger partial charge on any atom is -0.496 e. The van der Waals surface area contributed by atoms with Crippen LogP contribution in [0.25, 0.3) is 22.4 Å². The standard InChI is InChI=1S/C20H27N5O2/c1-5-7-8-12(6-2)17-16-19(25(3)24-17)22-18(23-20(16)26)14-10-9-13(21)11-15(14)27-4/h9-12H,5-8,21H2,1-4H3,(H,22,23,26). The predicted octanol–water partition coefficient (Wildman–Crippen LogP) is 3.60. The number of H-pyrrole nitrogens is 1. The van der Waals surface area contributed by atoms with Crippen molar-refractivity contribution >= 4 is 16.7 Å². The van der Waals surface area contributed by atoms with E-state index in [-0.39, 0.29) is 11.5 Å². The highest BCUT2D eigenvalue weighted by molar-refractivity contribution is 5.80. The maximum Gasteiger partial charge on any atom is 0.262 e. The monoisotopic (exact) mass is 369 g/mol. The zero-order valence-corrected chi connectivity index (χ0v) is 16.4. The number of nitrogens with two attached hydrogens (primary N) is 1. The summed E-state index contributed by atoms with van der Waals surface area (Å²) in [5.41, 5.74) is 8.35. The number of nitrogens with one attached hydrogen (secondary N) is 1. The predicted molar refractivity (Wildman–Crippen MR) is 108 cm³/mol. The van der Waals surface area contributed by atoms with Crippen LogP contribution in [0.5, 0.6) is 5.75 Å². The molecule has 2 heterocycles. The van der Waals surface area contributed by atoms with Crippen LogP contribution in [0.15, 0.2) is 23.0 Å². The fourth-order valence-electron chi connectivity index (χ4n) is 3.49. The van der Waals surface area contributed by atoms with E-state index in [0.29, 0.717) is 33.9 Å². The molecule has 0 bridgehead atoms. The van der Waals surface area contributed by atoms with Crippen molar-refractivity contribution in [2.24, 2.45) is 7.05 Å². The number of hydrogen-bond donors (Lipinski definition) is 2. The minimum absolute atomic E-state index is 0.174. The highest BCUT2D eigenvalue weighted by Gasteiger charge is 2.22. The van der Waals surface area contributed by atoms with Crippen molar-refractivity contribution in [1.82, 2.24) is 19.7 Å². The molecule has 27 heavy (non-hydrogen) atoms. The average molecular weight is 369 g/mol. The van der Waals surface area contributed by atoms with Crippen LogP contribution in [-0.2, 0) is 7.05 Å². The number of unbranched alkanes of at least 4 members (excludes halogenated alkanes) is 1. The molecule has 1 aromatic carbocycles. The number of nitrogen functional groups attached to an aromatic ring is 1. The number of anilines is 1. The van der Waals surface area contributed by atoms with Gasteiger partial charge in [0.25, 0.3) is 5.56 Å². The van der Waals surface area contributed by atoms with Gasteiger partial charge in [0, 0.05) is 24.7 Å². The smallest absolute Gasteiger partial charge is 0.262 e. The summed E-state index contributed by atoms with van der Waals surface area (Å²) >= 11 is 0. The van der Waals surface area contributed by atoms with Crippen LogP contribution in [0, 0.1) is 0 Å². The summed E-state index contributed by atoms with van der Waals surface area (Å²) in [4.78, 5) is 20.5. The summed E-state index contributed by atoms with van der Waals surface area (Å²) in [7, 11) is 3.39. The molecule has 3 N–H and O–H groups in total. The van der Waals surface area contributed by atoms with Gasteiger partial charge in [-0.05, 0) is 25.0 Å². The first-order valence-corrected chi connectivity index (χ1v) is 9.40. The summed E-state index contributed by atoms with van der Waals surface area (Å²) < 4.78 is 7.10. The van der Waals surface area contributed by atoms with Crippen molar-refractivity contribution in [1.29, 1.82) is 0 Å². The molecular formula is C20H27N5O2. The van der Waals surface area contributed by atoms with E-state index in [9.17, 15) is 4.79 Å². The number of fused-ring (bicyclic) bond motifs is 1. The van der Waals surface area contributed by atoms with Crippen molar-refractivity contribution in [2.75, 3.05) is 12.8 Å². The first-order chi connectivity index (χ1) is 13.0. The van der Waals surface area contributed by atoms with Crippen molar-refractivity contribution in [3.8, 4) is 17.1 Å². The van der Waals surface area contributed by atoms with Crippen LogP contribution in [0.4, 0.5) is 5.69 Å². The molecule has 0 radical (unpaired) electrons. The summed E-state index contributed by atoms with van der Waals surface area (Å²) in [6, 6.07) is 5.27. The lowest BCUT2D eigenvalue weighted by atomic mass is 9.94. The van der Waals surface area contributed by atoms with E-state index in [2.05, 4.69) is 28.9 Å². The number of ether oxygens (including phenoxy) is 1. The van der Waals surface area contributed by atoms with Gasteiger partial charge in [-0.15, -0.1) is 0 Å². The van der Waals surface area contributed by atoms with Crippen molar-refractivity contribution in [3.05, 3.63) is 34.2 Å². The highest BCUT2D eigenvalue weighted by Crippen LogP contribution is 2.32. The fraction of sp³-hybridized carbons (Fsp3) is 0.450. The number of benzene rings is 1. The van der Waals surface area contributed by atoms with Gasteiger partial charge in [-0.3, -0.25) is 4.79 Å². The SMILES string of the molecule is CCCCC(CC)c1nn(C)c2nc(-c3ccc(N)cc3OC)[nH]c(=O)c12. The fourth-order valence-corrected chi connectivity index (χ4v) is 3.49. The third-order valence-corrected chi connectivity index (χ3v) is 4.99. The van der Waals surface area contributed by atoms with E-state index in [1.54, 1.807) is 30.0 Å². The Morgan fingerprint density at radius 2 is 2.11 bits per heavy atom. The number of methoxy groups -OCH3 is 1. The van der Waals surface area contributed by atoms with Crippen LogP contribution < -0.4 is 16.0 Å². The molecule has 0 aliphatic rings. The Balaban J connectivity index is 2.17. The average Bonchev–Trinajstić information content (AvgIpc) is 2.99. The zero-order chi connectivity index (χ0) is 19.6. The largest absolute Gasteiger partial charge is 0.496 e. The second-order valence-electron chi connectivity index (χ2n) is 6.83. The molecule has 144 valence electrons. The van der Waals surface area contributed by atoms with Crippen LogP contribution in [-0.4, -0.2) is 26.9 Å². The van der Waals surface area contributed by atoms with Crippen LogP contribution in [0.2, 0.25) is 0 Å². The van der Waals surface area contributed by atoms with Gasteiger partial charge in [0.2, 0.25) is 0 Å². The van der Waals surface area contributed by atoms with Gasteiger partial charge in [-0.2, -0.15) is 5.10 Å². The molecule has 0 aliphatic carbocycles. The second kappa shape index (κ2) is 7.82. The van der Waals surface area contributed by atoms with Crippen molar-refractivity contribution in [2.45, 2.75) is 45.4 Å². The number of aromatic nitrogens is 4. The van der Waals surface area contributed by atoms with Gasteiger partial charge in [-0.1, -0.05) is 26.7 Å². The highest BCUT2D eigenvalue weighted by atomic mass is 16.5. The first-order valence-electron chi connectivity index (χ1n) is 9.40. The van der Waals surface area contributed by atoms with Crippen LogP contribution in [0.1, 0.15) is 51.1 Å². The molecule has 1 atom stereocenters. The third-order valence-electron chi connectivity index (χ3n) is 4.99. The summed E-state index contributed by atoms with van der Waals surface area (Å²) in [5.74, 6) is 1.27. The minimum atomic E-state index is -0.174. The normalized spacial score (nSPS) is 12.4. The molecule has 3 aromatic rings.